The van der Waals surface area contributed by atoms with E-state index in [0.717, 1.165) is 56.7 Å². The van der Waals surface area contributed by atoms with Gasteiger partial charge in [0.2, 0.25) is 0 Å². The third-order valence-electron chi connectivity index (χ3n) is 11.9. The molecular formula is C58H50O4. The highest BCUT2D eigenvalue weighted by molar-refractivity contribution is 6.09. The van der Waals surface area contributed by atoms with Gasteiger partial charge in [-0.25, -0.2) is 0 Å². The van der Waals surface area contributed by atoms with Crippen LogP contribution in [0.4, 0.5) is 0 Å². The first-order chi connectivity index (χ1) is 30.1. The number of hydrogen-bond acceptors (Lipinski definition) is 4. The molecule has 8 rings (SSSR count). The van der Waals surface area contributed by atoms with Crippen molar-refractivity contribution in [3.8, 4) is 50.6 Å². The molecular weight excluding hydrogens is 761 g/mol. The molecule has 306 valence electrons. The topological polar surface area (TPSA) is 52.6 Å². The van der Waals surface area contributed by atoms with E-state index in [9.17, 15) is 9.59 Å². The predicted molar refractivity (Wildman–Crippen MR) is 253 cm³/mol. The van der Waals surface area contributed by atoms with Crippen molar-refractivity contribution in [2.45, 2.75) is 52.6 Å². The Morgan fingerprint density at radius 3 is 1.44 bits per heavy atom. The summed E-state index contributed by atoms with van der Waals surface area (Å²) in [6, 6.07) is 63.8. The van der Waals surface area contributed by atoms with E-state index in [1.807, 2.05) is 147 Å². The van der Waals surface area contributed by atoms with Gasteiger partial charge in [-0.1, -0.05) is 172 Å². The maximum absolute atomic E-state index is 13.4. The molecule has 0 saturated heterocycles. The molecule has 62 heavy (non-hydrogen) atoms. The number of ketones is 2. The van der Waals surface area contributed by atoms with E-state index in [-0.39, 0.29) is 23.1 Å². The molecule has 1 atom stereocenters. The van der Waals surface area contributed by atoms with Gasteiger partial charge in [-0.05, 0) is 108 Å². The molecule has 8 aromatic carbocycles. The van der Waals surface area contributed by atoms with E-state index in [2.05, 4.69) is 81.4 Å². The first kappa shape index (κ1) is 41.4. The zero-order valence-corrected chi connectivity index (χ0v) is 35.9. The summed E-state index contributed by atoms with van der Waals surface area (Å²) in [6.45, 7) is 10.7. The zero-order valence-electron chi connectivity index (χ0n) is 35.9. The lowest BCUT2D eigenvalue weighted by Crippen LogP contribution is -2.15. The summed E-state index contributed by atoms with van der Waals surface area (Å²) in [5.74, 6) is 2.08. The number of carbonyl (C=O) groups excluding carboxylic acids is 2. The van der Waals surface area contributed by atoms with Crippen molar-refractivity contribution < 1.29 is 19.1 Å². The molecule has 0 N–H and O–H groups in total. The highest BCUT2D eigenvalue weighted by Gasteiger charge is 2.20. The van der Waals surface area contributed by atoms with Gasteiger partial charge in [0.25, 0.3) is 0 Å². The summed E-state index contributed by atoms with van der Waals surface area (Å²) in [4.78, 5) is 26.6. The van der Waals surface area contributed by atoms with Crippen LogP contribution in [0.1, 0.15) is 88.8 Å². The van der Waals surface area contributed by atoms with Crippen LogP contribution in [0.5, 0.6) is 17.2 Å². The molecule has 0 spiro atoms. The van der Waals surface area contributed by atoms with Crippen LogP contribution in [0.3, 0.4) is 0 Å². The van der Waals surface area contributed by atoms with Crippen LogP contribution in [0.25, 0.3) is 33.4 Å². The second-order valence-electron chi connectivity index (χ2n) is 16.5. The largest absolute Gasteiger partial charge is 0.485 e. The van der Waals surface area contributed by atoms with Crippen molar-refractivity contribution in [2.24, 2.45) is 0 Å². The standard InChI is InChI=1S/C58H50O4/c1-6-58(4,5)50-31-25-46(26-32-50)57(60)47-27-33-51(34-28-47)62-55-36-30-49(38-53(55)43-15-11-8-12-16-43)48-29-35-54(52(37-48)42-13-9-7-10-14-42)61-40(3)41-21-23-45(24-22-41)56(59)44-19-17-39(2)18-20-44/h7-38,40H,6H2,1-5H3. The van der Waals surface area contributed by atoms with Crippen LogP contribution in [0.2, 0.25) is 0 Å². The Bertz CT molecular complexity index is 2800. The second-order valence-corrected chi connectivity index (χ2v) is 16.5. The van der Waals surface area contributed by atoms with E-state index >= 15 is 0 Å². The minimum absolute atomic E-state index is 0.00184. The summed E-state index contributed by atoms with van der Waals surface area (Å²) in [7, 11) is 0. The molecule has 0 heterocycles. The van der Waals surface area contributed by atoms with Crippen LogP contribution >= 0.6 is 0 Å². The van der Waals surface area contributed by atoms with Gasteiger partial charge in [-0.3, -0.25) is 9.59 Å². The SMILES string of the molecule is CCC(C)(C)c1ccc(C(=O)c2ccc(Oc3ccc(-c4ccc(OC(C)c5ccc(C(=O)c6ccc(C)cc6)cc5)c(-c5ccccc5)c4)cc3-c3ccccc3)cc2)cc1. The molecule has 1 unspecified atom stereocenters. The molecule has 0 radical (unpaired) electrons. The number of hydrogen-bond donors (Lipinski definition) is 0. The number of ether oxygens (including phenoxy) is 2. The summed E-state index contributed by atoms with van der Waals surface area (Å²) >= 11 is 0. The molecule has 0 fully saturated rings. The average molecular weight is 811 g/mol. The third-order valence-corrected chi connectivity index (χ3v) is 11.9. The predicted octanol–water partition coefficient (Wildman–Crippen LogP) is 15.1. The highest BCUT2D eigenvalue weighted by atomic mass is 16.5. The summed E-state index contributed by atoms with van der Waals surface area (Å²) in [5, 5.41) is 0. The first-order valence-electron chi connectivity index (χ1n) is 21.3. The van der Waals surface area contributed by atoms with Crippen LogP contribution in [0.15, 0.2) is 194 Å². The fourth-order valence-electron chi connectivity index (χ4n) is 7.58. The first-order valence-corrected chi connectivity index (χ1v) is 21.3. The van der Waals surface area contributed by atoms with Crippen molar-refractivity contribution in [3.05, 3.63) is 233 Å². The third kappa shape index (κ3) is 9.21. The molecule has 0 aliphatic carbocycles. The van der Waals surface area contributed by atoms with Gasteiger partial charge in [0.15, 0.2) is 11.6 Å². The van der Waals surface area contributed by atoms with Crippen molar-refractivity contribution in [1.82, 2.24) is 0 Å². The summed E-state index contributed by atoms with van der Waals surface area (Å²) in [5.41, 5.74) is 12.0. The molecule has 4 heteroatoms. The maximum atomic E-state index is 13.4. The molecule has 4 nitrogen and oxygen atoms in total. The van der Waals surface area contributed by atoms with Crippen LogP contribution < -0.4 is 9.47 Å². The van der Waals surface area contributed by atoms with Crippen LogP contribution in [-0.4, -0.2) is 11.6 Å². The Kier molecular flexibility index (Phi) is 12.1. The second kappa shape index (κ2) is 18.1. The minimum atomic E-state index is -0.273. The quantitative estimate of drug-likeness (QED) is 0.103. The lowest BCUT2D eigenvalue weighted by Gasteiger charge is -2.23. The van der Waals surface area contributed by atoms with E-state index in [0.29, 0.717) is 33.8 Å². The smallest absolute Gasteiger partial charge is 0.193 e. The lowest BCUT2D eigenvalue weighted by molar-refractivity contribution is 0.103. The van der Waals surface area contributed by atoms with Gasteiger partial charge in [0.05, 0.1) is 0 Å². The fourth-order valence-corrected chi connectivity index (χ4v) is 7.58. The summed E-state index contributed by atoms with van der Waals surface area (Å²) < 4.78 is 13.3. The van der Waals surface area contributed by atoms with E-state index < -0.39 is 0 Å². The Hall–Kier alpha value is -7.30. The zero-order chi connectivity index (χ0) is 43.2. The van der Waals surface area contributed by atoms with E-state index in [4.69, 9.17) is 9.47 Å². The molecule has 0 saturated carbocycles. The van der Waals surface area contributed by atoms with Crippen LogP contribution in [0, 0.1) is 6.92 Å². The fraction of sp³-hybridized carbons (Fsp3) is 0.138. The molecule has 0 aliphatic heterocycles. The summed E-state index contributed by atoms with van der Waals surface area (Å²) in [6.07, 6.45) is 0.748. The molecule has 0 aliphatic rings. The molecule has 8 aromatic rings. The Morgan fingerprint density at radius 1 is 0.500 bits per heavy atom. The number of aryl methyl sites for hydroxylation is 1. The molecule has 0 amide bonds. The number of benzene rings is 8. The molecule has 0 aromatic heterocycles. The van der Waals surface area contributed by atoms with Crippen molar-refractivity contribution in [3.63, 3.8) is 0 Å². The van der Waals surface area contributed by atoms with Crippen molar-refractivity contribution >= 4 is 11.6 Å². The van der Waals surface area contributed by atoms with Crippen molar-refractivity contribution in [1.29, 1.82) is 0 Å². The minimum Gasteiger partial charge on any atom is -0.485 e. The Morgan fingerprint density at radius 2 is 0.935 bits per heavy atom. The monoisotopic (exact) mass is 810 g/mol. The number of carbonyl (C=O) groups is 2. The van der Waals surface area contributed by atoms with Gasteiger partial charge in [0, 0.05) is 33.4 Å². The molecule has 0 bridgehead atoms. The van der Waals surface area contributed by atoms with Gasteiger partial charge in [-0.15, -0.1) is 0 Å². The Balaban J connectivity index is 1.05. The Labute approximate surface area is 365 Å². The normalized spacial score (nSPS) is 11.8. The lowest BCUT2D eigenvalue weighted by atomic mass is 9.82. The van der Waals surface area contributed by atoms with Gasteiger partial charge in [-0.2, -0.15) is 0 Å². The van der Waals surface area contributed by atoms with Gasteiger partial charge >= 0.3 is 0 Å². The van der Waals surface area contributed by atoms with Gasteiger partial charge in [0.1, 0.15) is 23.4 Å². The average Bonchev–Trinajstić information content (AvgIpc) is 3.32. The van der Waals surface area contributed by atoms with E-state index in [1.54, 1.807) is 0 Å². The van der Waals surface area contributed by atoms with Crippen molar-refractivity contribution in [2.75, 3.05) is 0 Å². The maximum Gasteiger partial charge on any atom is 0.193 e. The highest BCUT2D eigenvalue weighted by Crippen LogP contribution is 2.41. The van der Waals surface area contributed by atoms with Crippen LogP contribution in [-0.2, 0) is 5.41 Å². The number of rotatable bonds is 14. The van der Waals surface area contributed by atoms with E-state index in [1.165, 1.54) is 5.56 Å². The van der Waals surface area contributed by atoms with Gasteiger partial charge < -0.3 is 9.47 Å².